The lowest BCUT2D eigenvalue weighted by Gasteiger charge is -2.43. The van der Waals surface area contributed by atoms with Gasteiger partial charge in [-0.05, 0) is 42.3 Å². The van der Waals surface area contributed by atoms with Crippen LogP contribution in [0.1, 0.15) is 50.0 Å². The van der Waals surface area contributed by atoms with Gasteiger partial charge in [0.05, 0.1) is 12.2 Å². The first-order valence-electron chi connectivity index (χ1n) is 8.30. The van der Waals surface area contributed by atoms with Crippen LogP contribution in [0.4, 0.5) is 0 Å². The van der Waals surface area contributed by atoms with Gasteiger partial charge in [0.2, 0.25) is 5.91 Å². The van der Waals surface area contributed by atoms with Crippen LogP contribution < -0.4 is 5.32 Å². The smallest absolute Gasteiger partial charge is 0.217 e. The minimum absolute atomic E-state index is 0.0211. The van der Waals surface area contributed by atoms with Crippen LogP contribution in [-0.4, -0.2) is 11.4 Å². The van der Waals surface area contributed by atoms with Crippen molar-refractivity contribution in [3.8, 4) is 0 Å². The number of ether oxygens (including phenoxy) is 1. The molecule has 0 aromatic heterocycles. The number of carbonyl (C=O) groups excluding carboxylic acids is 1. The second-order valence-electron chi connectivity index (χ2n) is 6.87. The number of halogens is 2. The summed E-state index contributed by atoms with van der Waals surface area (Å²) in [5, 5.41) is 3.83. The fourth-order valence-corrected chi connectivity index (χ4v) is 4.04. The van der Waals surface area contributed by atoms with Crippen LogP contribution in [0.3, 0.4) is 0 Å². The van der Waals surface area contributed by atoms with E-state index < -0.39 is 0 Å². The molecular weight excluding hydrogens is 402 g/mol. The predicted molar refractivity (Wildman–Crippen MR) is 104 cm³/mol. The van der Waals surface area contributed by atoms with E-state index >= 15 is 0 Å². The molecule has 5 heteroatoms. The molecule has 1 saturated heterocycles. The molecular formula is C20H21BrClNO2. The van der Waals surface area contributed by atoms with E-state index in [9.17, 15) is 4.79 Å². The number of hydrogen-bond donors (Lipinski definition) is 1. The van der Waals surface area contributed by atoms with Crippen molar-refractivity contribution in [2.24, 2.45) is 0 Å². The quantitative estimate of drug-likeness (QED) is 0.700. The summed E-state index contributed by atoms with van der Waals surface area (Å²) in [6.45, 7) is 3.65. The molecule has 1 N–H and O–H groups in total. The van der Waals surface area contributed by atoms with Gasteiger partial charge in [0.1, 0.15) is 0 Å². The van der Waals surface area contributed by atoms with E-state index in [2.05, 4.69) is 40.3 Å². The molecule has 2 aromatic rings. The lowest BCUT2D eigenvalue weighted by atomic mass is 9.81. The Morgan fingerprint density at radius 3 is 2.40 bits per heavy atom. The molecule has 0 bridgehead atoms. The second kappa shape index (κ2) is 7.48. The topological polar surface area (TPSA) is 38.3 Å². The number of carbonyl (C=O) groups is 1. The van der Waals surface area contributed by atoms with E-state index in [0.717, 1.165) is 28.4 Å². The molecule has 0 unspecified atom stereocenters. The monoisotopic (exact) mass is 421 g/mol. The maximum absolute atomic E-state index is 11.7. The zero-order valence-corrected chi connectivity index (χ0v) is 16.6. The fourth-order valence-electron chi connectivity index (χ4n) is 3.50. The number of nitrogens with one attached hydrogen (secondary N) is 1. The van der Waals surface area contributed by atoms with Crippen LogP contribution in [0.5, 0.6) is 0 Å². The maximum Gasteiger partial charge on any atom is 0.217 e. The van der Waals surface area contributed by atoms with Crippen molar-refractivity contribution >= 4 is 33.4 Å². The van der Waals surface area contributed by atoms with Crippen LogP contribution in [0.25, 0.3) is 0 Å². The van der Waals surface area contributed by atoms with Gasteiger partial charge in [-0.25, -0.2) is 0 Å². The van der Waals surface area contributed by atoms with Gasteiger partial charge in [0.15, 0.2) is 0 Å². The van der Waals surface area contributed by atoms with Crippen LogP contribution in [0.15, 0.2) is 53.0 Å². The molecule has 3 atom stereocenters. The SMILES string of the molecule is CC(=O)N[C@@]1(C)C[C@@H](c2ccc(Cl)cc2)O[C@@H](c2cccc(Br)c2)C1. The van der Waals surface area contributed by atoms with Crippen LogP contribution >= 0.6 is 27.5 Å². The molecule has 1 aliphatic heterocycles. The third-order valence-corrected chi connectivity index (χ3v) is 5.29. The van der Waals surface area contributed by atoms with Gasteiger partial charge in [-0.2, -0.15) is 0 Å². The lowest BCUT2D eigenvalue weighted by Crippen LogP contribution is -2.50. The molecule has 1 heterocycles. The van der Waals surface area contributed by atoms with E-state index in [1.54, 1.807) is 6.92 Å². The summed E-state index contributed by atoms with van der Waals surface area (Å²) in [6, 6.07) is 15.9. The van der Waals surface area contributed by atoms with Crippen LogP contribution in [-0.2, 0) is 9.53 Å². The van der Waals surface area contributed by atoms with Crippen molar-refractivity contribution in [3.63, 3.8) is 0 Å². The maximum atomic E-state index is 11.7. The lowest BCUT2D eigenvalue weighted by molar-refractivity contribution is -0.126. The molecule has 0 spiro atoms. The Labute approximate surface area is 161 Å². The highest BCUT2D eigenvalue weighted by Gasteiger charge is 2.39. The Morgan fingerprint density at radius 1 is 1.16 bits per heavy atom. The molecule has 3 nitrogen and oxygen atoms in total. The molecule has 25 heavy (non-hydrogen) atoms. The number of rotatable bonds is 3. The molecule has 3 rings (SSSR count). The standard InChI is InChI=1S/C20H21BrClNO2/c1-13(24)23-20(2)11-18(14-6-8-17(22)9-7-14)25-19(12-20)15-4-3-5-16(21)10-15/h3-10,18-19H,11-12H2,1-2H3,(H,23,24)/t18-,19+,20-/m0/s1. The summed E-state index contributed by atoms with van der Waals surface area (Å²) in [4.78, 5) is 11.7. The van der Waals surface area contributed by atoms with Gasteiger partial charge >= 0.3 is 0 Å². The van der Waals surface area contributed by atoms with Gasteiger partial charge < -0.3 is 10.1 Å². The summed E-state index contributed by atoms with van der Waals surface area (Å²) in [5.41, 5.74) is 1.84. The number of hydrogen-bond acceptors (Lipinski definition) is 2. The highest BCUT2D eigenvalue weighted by Crippen LogP contribution is 2.44. The number of benzene rings is 2. The van der Waals surface area contributed by atoms with Crippen molar-refractivity contribution in [3.05, 3.63) is 69.2 Å². The average molecular weight is 423 g/mol. The Balaban J connectivity index is 1.93. The minimum Gasteiger partial charge on any atom is -0.365 e. The van der Waals surface area contributed by atoms with Gasteiger partial charge in [-0.3, -0.25) is 4.79 Å². The van der Waals surface area contributed by atoms with Crippen molar-refractivity contribution in [2.45, 2.75) is 44.4 Å². The largest absolute Gasteiger partial charge is 0.365 e. The third kappa shape index (κ3) is 4.63. The Kier molecular flexibility index (Phi) is 5.52. The molecule has 2 aromatic carbocycles. The summed E-state index contributed by atoms with van der Waals surface area (Å²) < 4.78 is 7.43. The fraction of sp³-hybridized carbons (Fsp3) is 0.350. The third-order valence-electron chi connectivity index (χ3n) is 4.54. The molecule has 1 amide bonds. The molecule has 1 fully saturated rings. The van der Waals surface area contributed by atoms with Crippen molar-refractivity contribution < 1.29 is 9.53 Å². The second-order valence-corrected chi connectivity index (χ2v) is 8.22. The normalized spacial score (nSPS) is 26.2. The summed E-state index contributed by atoms with van der Waals surface area (Å²) in [7, 11) is 0. The summed E-state index contributed by atoms with van der Waals surface area (Å²) >= 11 is 9.54. The number of amides is 1. The van der Waals surface area contributed by atoms with E-state index in [-0.39, 0.29) is 23.7 Å². The predicted octanol–water partition coefficient (Wildman–Crippen LogP) is 5.59. The van der Waals surface area contributed by atoms with E-state index in [4.69, 9.17) is 16.3 Å². The van der Waals surface area contributed by atoms with Crippen molar-refractivity contribution in [1.82, 2.24) is 5.32 Å². The zero-order valence-electron chi connectivity index (χ0n) is 14.3. The van der Waals surface area contributed by atoms with Crippen molar-refractivity contribution in [2.75, 3.05) is 0 Å². The van der Waals surface area contributed by atoms with Gasteiger partial charge in [0.25, 0.3) is 0 Å². The summed E-state index contributed by atoms with van der Waals surface area (Å²) in [6.07, 6.45) is 1.25. The van der Waals surface area contributed by atoms with Gasteiger partial charge in [-0.1, -0.05) is 51.8 Å². The van der Waals surface area contributed by atoms with Crippen molar-refractivity contribution in [1.29, 1.82) is 0 Å². The van der Waals surface area contributed by atoms with Gasteiger partial charge in [0, 0.05) is 34.8 Å². The highest BCUT2D eigenvalue weighted by atomic mass is 79.9. The average Bonchev–Trinajstić information content (AvgIpc) is 2.54. The Morgan fingerprint density at radius 2 is 1.80 bits per heavy atom. The molecule has 0 radical (unpaired) electrons. The first-order valence-corrected chi connectivity index (χ1v) is 9.47. The van der Waals surface area contributed by atoms with Crippen LogP contribution in [0, 0.1) is 0 Å². The zero-order chi connectivity index (χ0) is 18.0. The summed E-state index contributed by atoms with van der Waals surface area (Å²) in [5.74, 6) is -0.0211. The van der Waals surface area contributed by atoms with Crippen LogP contribution in [0.2, 0.25) is 5.02 Å². The van der Waals surface area contributed by atoms with E-state index in [1.807, 2.05) is 36.4 Å². The minimum atomic E-state index is -0.332. The van der Waals surface area contributed by atoms with Gasteiger partial charge in [-0.15, -0.1) is 0 Å². The van der Waals surface area contributed by atoms with E-state index in [1.165, 1.54) is 0 Å². The Bertz CT molecular complexity index is 765. The molecule has 1 aliphatic rings. The van der Waals surface area contributed by atoms with E-state index in [0.29, 0.717) is 5.02 Å². The molecule has 0 saturated carbocycles. The molecule has 0 aliphatic carbocycles. The first kappa shape index (κ1) is 18.4. The molecule has 132 valence electrons. The Hall–Kier alpha value is -1.36. The highest BCUT2D eigenvalue weighted by molar-refractivity contribution is 9.10. The first-order chi connectivity index (χ1) is 11.8.